The van der Waals surface area contributed by atoms with Crippen molar-refractivity contribution in [2.75, 3.05) is 0 Å². The molecule has 0 unspecified atom stereocenters. The molecule has 3 N–H and O–H groups in total. The zero-order valence-electron chi connectivity index (χ0n) is 14.7. The number of urea groups is 1. The van der Waals surface area contributed by atoms with Crippen LogP contribution < -0.4 is 15.4 Å². The van der Waals surface area contributed by atoms with Crippen molar-refractivity contribution in [3.63, 3.8) is 0 Å². The average molecular weight is 373 g/mol. The first-order valence-electron chi connectivity index (χ1n) is 8.64. The molecule has 2 heterocycles. The number of hydrogen-bond donors (Lipinski definition) is 3. The molecule has 1 fully saturated rings. The SMILES string of the molecule is CC1(C)C[C@]2(C[C@H](c3ccccc3Cl)c3ccc(O)cc3O2)NC(=O)N1. The number of hydrogen-bond acceptors (Lipinski definition) is 3. The lowest BCUT2D eigenvalue weighted by Gasteiger charge is -2.49. The van der Waals surface area contributed by atoms with Gasteiger partial charge < -0.3 is 20.5 Å². The number of phenols is 1. The quantitative estimate of drug-likeness (QED) is 0.704. The third-order valence-corrected chi connectivity index (χ3v) is 5.36. The van der Waals surface area contributed by atoms with E-state index in [2.05, 4.69) is 10.6 Å². The number of halogens is 1. The van der Waals surface area contributed by atoms with Crippen LogP contribution in [0.15, 0.2) is 42.5 Å². The first-order valence-corrected chi connectivity index (χ1v) is 9.01. The van der Waals surface area contributed by atoms with Crippen molar-refractivity contribution in [2.24, 2.45) is 0 Å². The molecule has 2 aromatic rings. The fourth-order valence-electron chi connectivity index (χ4n) is 4.16. The molecule has 5 nitrogen and oxygen atoms in total. The number of nitrogens with one attached hydrogen (secondary N) is 2. The third kappa shape index (κ3) is 2.97. The molecule has 26 heavy (non-hydrogen) atoms. The van der Waals surface area contributed by atoms with Crippen molar-refractivity contribution in [1.82, 2.24) is 10.6 Å². The monoisotopic (exact) mass is 372 g/mol. The molecule has 0 radical (unpaired) electrons. The molecule has 0 aromatic heterocycles. The predicted molar refractivity (Wildman–Crippen MR) is 99.7 cm³/mol. The Morgan fingerprint density at radius 2 is 1.92 bits per heavy atom. The minimum Gasteiger partial charge on any atom is -0.508 e. The minimum atomic E-state index is -0.865. The number of fused-ring (bicyclic) bond motifs is 1. The van der Waals surface area contributed by atoms with Crippen LogP contribution in [0.2, 0.25) is 5.02 Å². The zero-order valence-corrected chi connectivity index (χ0v) is 15.4. The summed E-state index contributed by atoms with van der Waals surface area (Å²) < 4.78 is 6.26. The van der Waals surface area contributed by atoms with Gasteiger partial charge in [-0.05, 0) is 31.5 Å². The highest BCUT2D eigenvalue weighted by Gasteiger charge is 2.49. The topological polar surface area (TPSA) is 70.6 Å². The van der Waals surface area contributed by atoms with Gasteiger partial charge >= 0.3 is 6.03 Å². The predicted octanol–water partition coefficient (Wildman–Crippen LogP) is 4.14. The Labute approximate surface area is 157 Å². The summed E-state index contributed by atoms with van der Waals surface area (Å²) in [6.45, 7) is 3.94. The van der Waals surface area contributed by atoms with Crippen LogP contribution in [0.5, 0.6) is 11.5 Å². The lowest BCUT2D eigenvalue weighted by Crippen LogP contribution is -2.69. The van der Waals surface area contributed by atoms with Crippen molar-refractivity contribution in [2.45, 2.75) is 43.9 Å². The smallest absolute Gasteiger partial charge is 0.318 e. The van der Waals surface area contributed by atoms with E-state index in [0.717, 1.165) is 11.1 Å². The summed E-state index contributed by atoms with van der Waals surface area (Å²) in [5.41, 5.74) is 0.652. The maximum Gasteiger partial charge on any atom is 0.318 e. The molecule has 4 rings (SSSR count). The summed E-state index contributed by atoms with van der Waals surface area (Å²) in [6, 6.07) is 12.6. The Morgan fingerprint density at radius 1 is 1.15 bits per heavy atom. The molecule has 2 atom stereocenters. The second kappa shape index (κ2) is 5.81. The molecule has 1 saturated heterocycles. The van der Waals surface area contributed by atoms with Gasteiger partial charge in [-0.1, -0.05) is 35.9 Å². The van der Waals surface area contributed by atoms with Gasteiger partial charge in [-0.2, -0.15) is 0 Å². The van der Waals surface area contributed by atoms with E-state index in [1.54, 1.807) is 12.1 Å². The second-order valence-corrected chi connectivity index (χ2v) is 8.14. The number of rotatable bonds is 1. The molecule has 2 amide bonds. The third-order valence-electron chi connectivity index (χ3n) is 5.01. The van der Waals surface area contributed by atoms with Gasteiger partial charge in [0.15, 0.2) is 5.72 Å². The standard InChI is InChI=1S/C20H21ClN2O3/c1-19(2)11-20(23-18(25)22-19)10-15(13-5-3-4-6-16(13)21)14-8-7-12(24)9-17(14)26-20/h3-9,15,24H,10-11H2,1-2H3,(H2,22,23,25)/t15-,20-/m1/s1. The molecule has 0 bridgehead atoms. The Morgan fingerprint density at radius 3 is 2.65 bits per heavy atom. The maximum atomic E-state index is 12.3. The largest absolute Gasteiger partial charge is 0.508 e. The van der Waals surface area contributed by atoms with Crippen molar-refractivity contribution in [3.8, 4) is 11.5 Å². The summed E-state index contributed by atoms with van der Waals surface area (Å²) in [7, 11) is 0. The molecule has 2 aliphatic heterocycles. The van der Waals surface area contributed by atoms with Gasteiger partial charge in [-0.15, -0.1) is 0 Å². The first kappa shape index (κ1) is 17.0. The average Bonchev–Trinajstić information content (AvgIpc) is 2.52. The van der Waals surface area contributed by atoms with E-state index in [1.165, 1.54) is 0 Å². The van der Waals surface area contributed by atoms with Crippen molar-refractivity contribution >= 4 is 17.6 Å². The molecule has 0 aliphatic carbocycles. The van der Waals surface area contributed by atoms with E-state index >= 15 is 0 Å². The molecule has 1 spiro atoms. The Balaban J connectivity index is 1.84. The maximum absolute atomic E-state index is 12.3. The number of amides is 2. The Bertz CT molecular complexity index is 883. The van der Waals surface area contributed by atoms with Crippen LogP contribution in [0.25, 0.3) is 0 Å². The van der Waals surface area contributed by atoms with Crippen molar-refractivity contribution in [1.29, 1.82) is 0 Å². The van der Waals surface area contributed by atoms with Gasteiger partial charge in [-0.25, -0.2) is 4.79 Å². The lowest BCUT2D eigenvalue weighted by atomic mass is 9.77. The van der Waals surface area contributed by atoms with E-state index in [9.17, 15) is 9.90 Å². The molecule has 0 saturated carbocycles. The molecule has 136 valence electrons. The normalized spacial score (nSPS) is 26.4. The van der Waals surface area contributed by atoms with Gasteiger partial charge in [0.2, 0.25) is 0 Å². The number of benzene rings is 2. The van der Waals surface area contributed by atoms with Gasteiger partial charge in [0, 0.05) is 41.0 Å². The van der Waals surface area contributed by atoms with Crippen LogP contribution in [0.4, 0.5) is 4.79 Å². The number of ether oxygens (including phenoxy) is 1. The summed E-state index contributed by atoms with van der Waals surface area (Å²) in [4.78, 5) is 12.3. The molecular formula is C20H21ClN2O3. The van der Waals surface area contributed by atoms with Crippen LogP contribution in [0.1, 0.15) is 43.7 Å². The van der Waals surface area contributed by atoms with Gasteiger partial charge in [-0.3, -0.25) is 0 Å². The summed E-state index contributed by atoms with van der Waals surface area (Å²) in [5.74, 6) is 0.639. The Kier molecular flexibility index (Phi) is 3.81. The van der Waals surface area contributed by atoms with E-state index in [-0.39, 0.29) is 17.7 Å². The summed E-state index contributed by atoms with van der Waals surface area (Å²) in [5, 5.41) is 16.5. The minimum absolute atomic E-state index is 0.0535. The zero-order chi connectivity index (χ0) is 18.5. The van der Waals surface area contributed by atoms with Crippen molar-refractivity contribution < 1.29 is 14.6 Å². The van der Waals surface area contributed by atoms with E-state index < -0.39 is 11.3 Å². The molecule has 2 aromatic carbocycles. The highest BCUT2D eigenvalue weighted by Crippen LogP contribution is 2.48. The number of phenolic OH excluding ortho intramolecular Hbond substituents is 1. The highest BCUT2D eigenvalue weighted by atomic mass is 35.5. The summed E-state index contributed by atoms with van der Waals surface area (Å²) in [6.07, 6.45) is 1.15. The first-order chi connectivity index (χ1) is 12.3. The van der Waals surface area contributed by atoms with Gasteiger partial charge in [0.05, 0.1) is 0 Å². The van der Waals surface area contributed by atoms with Crippen LogP contribution in [0.3, 0.4) is 0 Å². The fraction of sp³-hybridized carbons (Fsp3) is 0.350. The van der Waals surface area contributed by atoms with Crippen molar-refractivity contribution in [3.05, 3.63) is 58.6 Å². The van der Waals surface area contributed by atoms with Gasteiger partial charge in [0.1, 0.15) is 11.5 Å². The Hall–Kier alpha value is -2.40. The van der Waals surface area contributed by atoms with Crippen LogP contribution in [-0.2, 0) is 0 Å². The lowest BCUT2D eigenvalue weighted by molar-refractivity contribution is -0.0235. The van der Waals surface area contributed by atoms with Crippen LogP contribution in [0, 0.1) is 0 Å². The van der Waals surface area contributed by atoms with Crippen LogP contribution in [-0.4, -0.2) is 22.4 Å². The molecular weight excluding hydrogens is 352 g/mol. The van der Waals surface area contributed by atoms with Gasteiger partial charge in [0.25, 0.3) is 0 Å². The van der Waals surface area contributed by atoms with E-state index in [4.69, 9.17) is 16.3 Å². The summed E-state index contributed by atoms with van der Waals surface area (Å²) >= 11 is 6.48. The molecule has 2 aliphatic rings. The van der Waals surface area contributed by atoms with E-state index in [0.29, 0.717) is 23.6 Å². The number of aromatic hydroxyl groups is 1. The van der Waals surface area contributed by atoms with E-state index in [1.807, 2.05) is 44.2 Å². The number of carbonyl (C=O) groups excluding carboxylic acids is 1. The van der Waals surface area contributed by atoms with Crippen LogP contribution >= 0.6 is 11.6 Å². The highest BCUT2D eigenvalue weighted by molar-refractivity contribution is 6.31. The molecule has 6 heteroatoms. The second-order valence-electron chi connectivity index (χ2n) is 7.74. The fourth-order valence-corrected chi connectivity index (χ4v) is 4.43. The number of carbonyl (C=O) groups is 1.